The van der Waals surface area contributed by atoms with Gasteiger partial charge in [0.15, 0.2) is 11.3 Å². The lowest BCUT2D eigenvalue weighted by molar-refractivity contribution is -0.237. The topological polar surface area (TPSA) is 30.3 Å². The Balaban J connectivity index is 1.62. The van der Waals surface area contributed by atoms with Gasteiger partial charge in [0, 0.05) is 37.5 Å². The molecule has 0 aliphatic carbocycles. The monoisotopic (exact) mass is 369 g/mol. The highest BCUT2D eigenvalue weighted by molar-refractivity contribution is 7.99. The zero-order valence-electron chi connectivity index (χ0n) is 13.5. The van der Waals surface area contributed by atoms with Crippen molar-refractivity contribution in [3.05, 3.63) is 36.0 Å². The van der Waals surface area contributed by atoms with Crippen LogP contribution in [0.15, 0.2) is 35.5 Å². The minimum atomic E-state index is -4.32. The number of ether oxygens (including phenoxy) is 1. The fourth-order valence-electron chi connectivity index (χ4n) is 3.28. The molecule has 25 heavy (non-hydrogen) atoms. The van der Waals surface area contributed by atoms with Crippen LogP contribution in [0.25, 0.3) is 11.3 Å². The van der Waals surface area contributed by atoms with E-state index in [9.17, 15) is 13.2 Å². The molecule has 8 heteroatoms. The van der Waals surface area contributed by atoms with E-state index >= 15 is 0 Å². The number of thioether (sulfide) groups is 1. The molecule has 4 nitrogen and oxygen atoms in total. The second-order valence-corrected chi connectivity index (χ2v) is 7.25. The van der Waals surface area contributed by atoms with Crippen LogP contribution in [0.2, 0.25) is 0 Å². The van der Waals surface area contributed by atoms with Gasteiger partial charge in [-0.3, -0.25) is 4.90 Å². The first-order valence-electron chi connectivity index (χ1n) is 8.20. The summed E-state index contributed by atoms with van der Waals surface area (Å²) in [5.74, 6) is 0.957. The Morgan fingerprint density at radius 1 is 1.20 bits per heavy atom. The van der Waals surface area contributed by atoms with Gasteiger partial charge in [0.05, 0.1) is 18.0 Å². The molecule has 1 fully saturated rings. The second kappa shape index (κ2) is 6.66. The van der Waals surface area contributed by atoms with Gasteiger partial charge in [0.25, 0.3) is 0 Å². The maximum atomic E-state index is 13.0. The van der Waals surface area contributed by atoms with E-state index in [4.69, 9.17) is 9.72 Å². The maximum absolute atomic E-state index is 13.0. The molecule has 1 unspecified atom stereocenters. The first-order chi connectivity index (χ1) is 12.0. The molecule has 0 bridgehead atoms. The van der Waals surface area contributed by atoms with Crippen LogP contribution >= 0.6 is 11.8 Å². The largest absolute Gasteiger partial charge is 0.415 e. The fraction of sp³-hybridized carbons (Fsp3) is 0.471. The van der Waals surface area contributed by atoms with E-state index in [2.05, 4.69) is 4.57 Å². The molecule has 0 amide bonds. The molecule has 1 aromatic carbocycles. The maximum Gasteiger partial charge on any atom is 0.415 e. The Bertz CT molecular complexity index is 748. The number of halogens is 3. The number of rotatable bonds is 3. The minimum Gasteiger partial charge on any atom is -0.366 e. The number of alkyl halides is 3. The molecule has 1 aromatic heterocycles. The van der Waals surface area contributed by atoms with Crippen LogP contribution in [-0.4, -0.2) is 52.2 Å². The number of aromatic nitrogens is 2. The van der Waals surface area contributed by atoms with E-state index in [0.717, 1.165) is 34.4 Å². The van der Waals surface area contributed by atoms with Gasteiger partial charge in [0.1, 0.15) is 0 Å². The predicted molar refractivity (Wildman–Crippen MR) is 89.5 cm³/mol. The van der Waals surface area contributed by atoms with Crippen molar-refractivity contribution in [2.45, 2.75) is 30.5 Å². The van der Waals surface area contributed by atoms with Crippen molar-refractivity contribution in [2.24, 2.45) is 0 Å². The molecule has 3 heterocycles. The average Bonchev–Trinajstić information content (AvgIpc) is 3.18. The molecule has 1 saturated heterocycles. The first kappa shape index (κ1) is 16.9. The van der Waals surface area contributed by atoms with Gasteiger partial charge in [0.2, 0.25) is 0 Å². The van der Waals surface area contributed by atoms with Gasteiger partial charge in [-0.05, 0) is 0 Å². The Kier molecular flexibility index (Phi) is 4.51. The zero-order chi connectivity index (χ0) is 17.4. The summed E-state index contributed by atoms with van der Waals surface area (Å²) in [7, 11) is 0. The normalized spacial score (nSPS) is 21.5. The molecule has 1 atom stereocenters. The van der Waals surface area contributed by atoms with Crippen LogP contribution in [0.5, 0.6) is 0 Å². The fourth-order valence-corrected chi connectivity index (χ4v) is 4.25. The number of benzene rings is 1. The summed E-state index contributed by atoms with van der Waals surface area (Å²) in [4.78, 5) is 6.56. The smallest absolute Gasteiger partial charge is 0.366 e. The van der Waals surface area contributed by atoms with Gasteiger partial charge in [-0.1, -0.05) is 42.1 Å². The Morgan fingerprint density at radius 2 is 2.00 bits per heavy atom. The van der Waals surface area contributed by atoms with Crippen LogP contribution in [0.4, 0.5) is 13.2 Å². The standard InChI is InChI=1S/C17H18F3N3OS/c18-17(19,20)14-11-22(6-8-24-14)10-13-15(12-4-2-1-3-5-12)21-16-23(13)7-9-25-16/h1-5,14H,6-11H2. The van der Waals surface area contributed by atoms with Crippen molar-refractivity contribution in [3.63, 3.8) is 0 Å². The zero-order valence-corrected chi connectivity index (χ0v) is 14.3. The third-order valence-corrected chi connectivity index (χ3v) is 5.48. The SMILES string of the molecule is FC(F)(F)C1CN(Cc2c(-c3ccccc3)nc3n2CCS3)CCO1. The molecule has 134 valence electrons. The molecule has 2 aromatic rings. The second-order valence-electron chi connectivity index (χ2n) is 6.19. The van der Waals surface area contributed by atoms with Crippen molar-refractivity contribution >= 4 is 11.8 Å². The van der Waals surface area contributed by atoms with Crippen molar-refractivity contribution in [1.29, 1.82) is 0 Å². The molecular weight excluding hydrogens is 351 g/mol. The number of nitrogens with zero attached hydrogens (tertiary/aromatic N) is 3. The van der Waals surface area contributed by atoms with E-state index in [-0.39, 0.29) is 13.2 Å². The Hall–Kier alpha value is -1.51. The van der Waals surface area contributed by atoms with Crippen molar-refractivity contribution in [2.75, 3.05) is 25.4 Å². The van der Waals surface area contributed by atoms with E-state index in [0.29, 0.717) is 13.1 Å². The van der Waals surface area contributed by atoms with Gasteiger partial charge >= 0.3 is 6.18 Å². The lowest BCUT2D eigenvalue weighted by Gasteiger charge is -2.34. The van der Waals surface area contributed by atoms with E-state index < -0.39 is 12.3 Å². The number of imidazole rings is 1. The number of fused-ring (bicyclic) bond motifs is 1. The van der Waals surface area contributed by atoms with E-state index in [1.165, 1.54) is 0 Å². The Labute approximate surface area is 148 Å². The van der Waals surface area contributed by atoms with Crippen LogP contribution < -0.4 is 0 Å². The van der Waals surface area contributed by atoms with E-state index in [1.807, 2.05) is 35.2 Å². The van der Waals surface area contributed by atoms with Gasteiger partial charge < -0.3 is 9.30 Å². The van der Waals surface area contributed by atoms with Crippen LogP contribution in [-0.2, 0) is 17.8 Å². The third kappa shape index (κ3) is 3.43. The van der Waals surface area contributed by atoms with Crippen LogP contribution in [0.3, 0.4) is 0 Å². The summed E-state index contributed by atoms with van der Waals surface area (Å²) in [5.41, 5.74) is 2.87. The first-order valence-corrected chi connectivity index (χ1v) is 9.19. The summed E-state index contributed by atoms with van der Waals surface area (Å²) >= 11 is 1.69. The highest BCUT2D eigenvalue weighted by Gasteiger charge is 2.43. The lowest BCUT2D eigenvalue weighted by atomic mass is 10.1. The summed E-state index contributed by atoms with van der Waals surface area (Å²) in [6.45, 7) is 1.76. The summed E-state index contributed by atoms with van der Waals surface area (Å²) in [6.07, 6.45) is -6.03. The van der Waals surface area contributed by atoms with Crippen molar-refractivity contribution < 1.29 is 17.9 Å². The Morgan fingerprint density at radius 3 is 2.76 bits per heavy atom. The molecule has 0 radical (unpaired) electrons. The molecule has 0 saturated carbocycles. The van der Waals surface area contributed by atoms with Gasteiger partial charge in [-0.2, -0.15) is 13.2 Å². The molecule has 0 N–H and O–H groups in total. The molecule has 2 aliphatic rings. The molecule has 2 aliphatic heterocycles. The highest BCUT2D eigenvalue weighted by atomic mass is 32.2. The number of hydrogen-bond acceptors (Lipinski definition) is 4. The van der Waals surface area contributed by atoms with E-state index in [1.54, 1.807) is 11.8 Å². The molecular formula is C17H18F3N3OS. The highest BCUT2D eigenvalue weighted by Crippen LogP contribution is 2.34. The van der Waals surface area contributed by atoms with Gasteiger partial charge in [-0.25, -0.2) is 4.98 Å². The van der Waals surface area contributed by atoms with Crippen molar-refractivity contribution in [3.8, 4) is 11.3 Å². The lowest BCUT2D eigenvalue weighted by Crippen LogP contribution is -2.48. The van der Waals surface area contributed by atoms with Crippen LogP contribution in [0, 0.1) is 0 Å². The van der Waals surface area contributed by atoms with Crippen molar-refractivity contribution in [1.82, 2.24) is 14.5 Å². The summed E-state index contributed by atoms with van der Waals surface area (Å²) in [6, 6.07) is 9.82. The van der Waals surface area contributed by atoms with Crippen LogP contribution in [0.1, 0.15) is 5.69 Å². The quantitative estimate of drug-likeness (QED) is 0.829. The summed E-state index contributed by atoms with van der Waals surface area (Å²) in [5, 5.41) is 0.953. The van der Waals surface area contributed by atoms with Gasteiger partial charge in [-0.15, -0.1) is 0 Å². The number of morpholine rings is 1. The minimum absolute atomic E-state index is 0.0978. The predicted octanol–water partition coefficient (Wildman–Crippen LogP) is 3.42. The molecule has 0 spiro atoms. The summed E-state index contributed by atoms with van der Waals surface area (Å²) < 4.78 is 46.0. The third-order valence-electron chi connectivity index (χ3n) is 4.52. The molecule has 4 rings (SSSR count). The number of hydrogen-bond donors (Lipinski definition) is 0. The average molecular weight is 369 g/mol.